The maximum Gasteiger partial charge on any atom is 0.268 e. The van der Waals surface area contributed by atoms with E-state index in [9.17, 15) is 19.4 Å². The van der Waals surface area contributed by atoms with E-state index < -0.39 is 26.6 Å². The molecule has 2 N–H and O–H groups in total. The summed E-state index contributed by atoms with van der Waals surface area (Å²) in [5.74, 6) is -0.212. The summed E-state index contributed by atoms with van der Waals surface area (Å²) >= 11 is 0. The molecule has 66 heavy (non-hydrogen) atoms. The number of hydrogen-bond donors (Lipinski definition) is 2. The van der Waals surface area contributed by atoms with Gasteiger partial charge in [-0.2, -0.15) is 0 Å². The Hall–Kier alpha value is -2.32. The van der Waals surface area contributed by atoms with E-state index in [-0.39, 0.29) is 12.5 Å². The minimum Gasteiger partial charge on any atom is -0.756 e. The maximum absolute atomic E-state index is 12.8. The average Bonchev–Trinajstić information content (AvgIpc) is 3.28. The Kier molecular flexibility index (Phi) is 46.1. The fourth-order valence-corrected chi connectivity index (χ4v) is 8.10. The topological polar surface area (TPSA) is 108 Å². The predicted octanol–water partition coefficient (Wildman–Crippen LogP) is 15.5. The van der Waals surface area contributed by atoms with E-state index in [2.05, 4.69) is 92.1 Å². The first kappa shape index (κ1) is 63.7. The van der Waals surface area contributed by atoms with Gasteiger partial charge in [-0.15, -0.1) is 0 Å². The number of likely N-dealkylation sites (N-methyl/N-ethyl adjacent to an activating group) is 1. The largest absolute Gasteiger partial charge is 0.756 e. The van der Waals surface area contributed by atoms with Crippen LogP contribution in [0, 0.1) is 0 Å². The van der Waals surface area contributed by atoms with Gasteiger partial charge in [0.05, 0.1) is 39.9 Å². The van der Waals surface area contributed by atoms with E-state index in [1.165, 1.54) is 122 Å². The molecule has 1 amide bonds. The highest BCUT2D eigenvalue weighted by atomic mass is 31.2. The zero-order valence-corrected chi connectivity index (χ0v) is 44.3. The fraction of sp³-hybridized carbons (Fsp3) is 0.737. The second-order valence-corrected chi connectivity index (χ2v) is 20.6. The minimum absolute atomic E-state index is 0.00838. The van der Waals surface area contributed by atoms with Gasteiger partial charge in [0.15, 0.2) is 0 Å². The highest BCUT2D eigenvalue weighted by Crippen LogP contribution is 2.38. The van der Waals surface area contributed by atoms with Crippen molar-refractivity contribution >= 4 is 13.7 Å². The molecule has 0 aromatic carbocycles. The molecule has 0 aliphatic carbocycles. The molecular formula is C57H103N2O6P. The fourth-order valence-electron chi connectivity index (χ4n) is 7.38. The number of phosphoric ester groups is 1. The number of hydrogen-bond acceptors (Lipinski definition) is 6. The monoisotopic (exact) mass is 943 g/mol. The Morgan fingerprint density at radius 3 is 1.39 bits per heavy atom. The van der Waals surface area contributed by atoms with Gasteiger partial charge in [-0.25, -0.2) is 0 Å². The van der Waals surface area contributed by atoms with Gasteiger partial charge in [-0.1, -0.05) is 227 Å². The Bertz CT molecular complexity index is 1350. The Morgan fingerprint density at radius 2 is 0.939 bits per heavy atom. The molecule has 0 aromatic rings. The van der Waals surface area contributed by atoms with E-state index in [1.54, 1.807) is 6.08 Å². The van der Waals surface area contributed by atoms with E-state index in [0.29, 0.717) is 17.4 Å². The zero-order chi connectivity index (χ0) is 48.5. The molecule has 382 valence electrons. The number of unbranched alkanes of at least 4 members (excludes halogenated alkanes) is 23. The Balaban J connectivity index is 3.83. The van der Waals surface area contributed by atoms with Gasteiger partial charge in [0, 0.05) is 6.42 Å². The van der Waals surface area contributed by atoms with Crippen molar-refractivity contribution in [2.45, 2.75) is 231 Å². The lowest BCUT2D eigenvalue weighted by molar-refractivity contribution is -0.870. The molecule has 0 aromatic heterocycles. The first-order valence-electron chi connectivity index (χ1n) is 26.9. The normalized spacial score (nSPS) is 14.7. The molecule has 3 atom stereocenters. The van der Waals surface area contributed by atoms with Crippen LogP contribution < -0.4 is 10.2 Å². The molecule has 0 rings (SSSR count). The van der Waals surface area contributed by atoms with Crippen LogP contribution in [0.3, 0.4) is 0 Å². The van der Waals surface area contributed by atoms with Gasteiger partial charge in [0.1, 0.15) is 13.2 Å². The van der Waals surface area contributed by atoms with Crippen LogP contribution in [0.25, 0.3) is 0 Å². The molecule has 0 fully saturated rings. The number of carbonyl (C=O) groups excluding carboxylic acids is 1. The zero-order valence-electron chi connectivity index (χ0n) is 43.4. The van der Waals surface area contributed by atoms with E-state index >= 15 is 0 Å². The van der Waals surface area contributed by atoms with Gasteiger partial charge in [-0.05, 0) is 70.6 Å². The SMILES string of the molecule is CC/C=C\C/C=C\C/C=C\C/C=C\C/C=C\CCCCCCCCCCCCCCCCCCCCCCCC(=O)NC(COP(=O)([O-])OCC[N+](C)(C)C)C(O)/C=C/CC/C=C/CCC. The summed E-state index contributed by atoms with van der Waals surface area (Å²) in [6.07, 6.45) is 67.1. The number of phosphoric acid groups is 1. The molecule has 3 unspecified atom stereocenters. The molecule has 0 saturated heterocycles. The average molecular weight is 943 g/mol. The van der Waals surface area contributed by atoms with Gasteiger partial charge >= 0.3 is 0 Å². The van der Waals surface area contributed by atoms with Crippen LogP contribution in [-0.4, -0.2) is 68.5 Å². The van der Waals surface area contributed by atoms with Gasteiger partial charge in [0.2, 0.25) is 5.91 Å². The van der Waals surface area contributed by atoms with Crippen molar-refractivity contribution in [2.24, 2.45) is 0 Å². The first-order valence-corrected chi connectivity index (χ1v) is 28.4. The predicted molar refractivity (Wildman–Crippen MR) is 283 cm³/mol. The first-order chi connectivity index (χ1) is 32.0. The van der Waals surface area contributed by atoms with Gasteiger partial charge in [0.25, 0.3) is 7.82 Å². The second-order valence-electron chi connectivity index (χ2n) is 19.2. The van der Waals surface area contributed by atoms with Crippen molar-refractivity contribution in [1.29, 1.82) is 0 Å². The number of rotatable bonds is 48. The number of carbonyl (C=O) groups is 1. The lowest BCUT2D eigenvalue weighted by atomic mass is 10.0. The summed E-state index contributed by atoms with van der Waals surface area (Å²) < 4.78 is 23.1. The van der Waals surface area contributed by atoms with Crippen molar-refractivity contribution in [3.63, 3.8) is 0 Å². The van der Waals surface area contributed by atoms with E-state index in [1.807, 2.05) is 27.2 Å². The van der Waals surface area contributed by atoms with Crippen molar-refractivity contribution in [1.82, 2.24) is 5.32 Å². The molecule has 9 heteroatoms. The standard InChI is InChI=1S/C57H103N2O6P/c1-6-8-10-12-14-15-16-17-18-19-20-21-22-23-24-25-26-27-28-29-30-31-32-33-34-35-36-37-38-39-40-41-42-43-45-47-49-51-57(61)58-55(56(60)50-48-46-44-13-11-9-7-2)54-65-66(62,63)64-53-52-59(3,4)5/h8,10-11,13-15,17-18,20-21,23-24,48,50,55-56,60H,6-7,9,12,16,19,22,25-47,49,51-54H2,1-5H3,(H-,58,61,62,63)/b10-8-,13-11+,15-14-,18-17-,21-20-,24-23-,50-48+. The molecule has 0 radical (unpaired) electrons. The summed E-state index contributed by atoms with van der Waals surface area (Å²) in [4.78, 5) is 25.2. The van der Waals surface area contributed by atoms with Crippen molar-refractivity contribution in [2.75, 3.05) is 40.9 Å². The summed E-state index contributed by atoms with van der Waals surface area (Å²) in [5, 5.41) is 13.7. The summed E-state index contributed by atoms with van der Waals surface area (Å²) in [7, 11) is 1.24. The number of amides is 1. The summed E-state index contributed by atoms with van der Waals surface area (Å²) in [6.45, 7) is 4.39. The Labute approximate surface area is 407 Å². The number of aliphatic hydroxyl groups excluding tert-OH is 1. The third-order valence-corrected chi connectivity index (χ3v) is 12.5. The molecule has 0 aliphatic rings. The summed E-state index contributed by atoms with van der Waals surface area (Å²) in [6, 6.07) is -0.901. The number of allylic oxidation sites excluding steroid dienone is 13. The van der Waals surface area contributed by atoms with Crippen LogP contribution in [0.5, 0.6) is 0 Å². The molecule has 0 heterocycles. The number of quaternary nitrogens is 1. The lowest BCUT2D eigenvalue weighted by Crippen LogP contribution is -2.45. The van der Waals surface area contributed by atoms with Crippen molar-refractivity contribution in [3.05, 3.63) is 85.1 Å². The number of nitrogens with zero attached hydrogens (tertiary/aromatic N) is 1. The Morgan fingerprint density at radius 1 is 0.545 bits per heavy atom. The van der Waals surface area contributed by atoms with Crippen LogP contribution in [-0.2, 0) is 18.4 Å². The highest BCUT2D eigenvalue weighted by Gasteiger charge is 2.23. The third-order valence-electron chi connectivity index (χ3n) is 11.6. The molecule has 0 saturated carbocycles. The van der Waals surface area contributed by atoms with Crippen molar-refractivity contribution < 1.29 is 32.9 Å². The maximum atomic E-state index is 12.8. The highest BCUT2D eigenvalue weighted by molar-refractivity contribution is 7.45. The summed E-state index contributed by atoms with van der Waals surface area (Å²) in [5.41, 5.74) is 0. The van der Waals surface area contributed by atoms with Crippen molar-refractivity contribution in [3.8, 4) is 0 Å². The molecule has 0 aliphatic heterocycles. The number of nitrogens with one attached hydrogen (secondary N) is 1. The van der Waals surface area contributed by atoms with Crippen LogP contribution in [0.4, 0.5) is 0 Å². The minimum atomic E-state index is -4.59. The smallest absolute Gasteiger partial charge is 0.268 e. The second kappa shape index (κ2) is 47.7. The molecule has 0 spiro atoms. The quantitative estimate of drug-likeness (QED) is 0.0272. The van der Waals surface area contributed by atoms with Crippen LogP contribution >= 0.6 is 7.82 Å². The van der Waals surface area contributed by atoms with Gasteiger partial charge in [-0.3, -0.25) is 9.36 Å². The van der Waals surface area contributed by atoms with Crippen LogP contribution in [0.2, 0.25) is 0 Å². The number of aliphatic hydroxyl groups is 1. The van der Waals surface area contributed by atoms with Gasteiger partial charge < -0.3 is 28.8 Å². The lowest BCUT2D eigenvalue weighted by Gasteiger charge is -2.29. The third kappa shape index (κ3) is 49.6. The van der Waals surface area contributed by atoms with E-state index in [4.69, 9.17) is 9.05 Å². The molecular weight excluding hydrogens is 840 g/mol. The van der Waals surface area contributed by atoms with Crippen LogP contribution in [0.1, 0.15) is 219 Å². The van der Waals surface area contributed by atoms with Crippen LogP contribution in [0.15, 0.2) is 85.1 Å². The molecule has 0 bridgehead atoms. The molecule has 8 nitrogen and oxygen atoms in total. The van der Waals surface area contributed by atoms with E-state index in [0.717, 1.165) is 77.0 Å².